The van der Waals surface area contributed by atoms with Crippen LogP contribution in [0, 0.1) is 11.3 Å². The lowest BCUT2D eigenvalue weighted by Gasteiger charge is -2.41. The lowest BCUT2D eigenvalue weighted by Crippen LogP contribution is -2.44. The predicted octanol–water partition coefficient (Wildman–Crippen LogP) is 4.35. The molecule has 0 unspecified atom stereocenters. The van der Waals surface area contributed by atoms with Gasteiger partial charge in [-0.1, -0.05) is 11.2 Å². The first-order valence-electron chi connectivity index (χ1n) is 18.5. The zero-order valence-corrected chi connectivity index (χ0v) is 30.0. The monoisotopic (exact) mass is 703 g/mol. The first-order valence-corrected chi connectivity index (χ1v) is 18.5. The highest BCUT2D eigenvalue weighted by atomic mass is 16.5. The first kappa shape index (κ1) is 32.9. The summed E-state index contributed by atoms with van der Waals surface area (Å²) in [7, 11) is 4.13. The van der Waals surface area contributed by atoms with Gasteiger partial charge in [0, 0.05) is 49.4 Å². The molecule has 5 aliphatic rings. The van der Waals surface area contributed by atoms with Crippen LogP contribution < -0.4 is 16.0 Å². The van der Waals surface area contributed by atoms with E-state index in [9.17, 15) is 5.26 Å². The van der Waals surface area contributed by atoms with Crippen LogP contribution in [0.5, 0.6) is 5.88 Å². The molecule has 14 heteroatoms. The van der Waals surface area contributed by atoms with E-state index in [1.54, 1.807) is 4.68 Å². The number of nitrogen functional groups attached to an aromatic ring is 1. The Kier molecular flexibility index (Phi) is 8.17. The second kappa shape index (κ2) is 12.9. The van der Waals surface area contributed by atoms with Crippen LogP contribution in [0.25, 0.3) is 23.0 Å². The van der Waals surface area contributed by atoms with E-state index in [0.717, 1.165) is 105 Å². The number of hydrazine groups is 2. The Balaban J connectivity index is 1.12. The lowest BCUT2D eigenvalue weighted by molar-refractivity contribution is 0.101. The van der Waals surface area contributed by atoms with E-state index in [1.165, 1.54) is 0 Å². The van der Waals surface area contributed by atoms with Crippen molar-refractivity contribution in [2.45, 2.75) is 88.3 Å². The number of nitriles is 1. The fraction of sp³-hybridized carbons (Fsp3) is 0.500. The quantitative estimate of drug-likeness (QED) is 0.262. The van der Waals surface area contributed by atoms with Crippen molar-refractivity contribution in [2.75, 3.05) is 39.6 Å². The minimum Gasteiger partial charge on any atom is -0.473 e. The first-order chi connectivity index (χ1) is 25.3. The highest BCUT2D eigenvalue weighted by Gasteiger charge is 2.48. The van der Waals surface area contributed by atoms with Gasteiger partial charge in [-0.25, -0.2) is 9.67 Å². The zero-order valence-electron chi connectivity index (χ0n) is 30.0. The van der Waals surface area contributed by atoms with E-state index in [-0.39, 0.29) is 18.2 Å². The summed E-state index contributed by atoms with van der Waals surface area (Å²) in [5, 5.41) is 24.0. The zero-order chi connectivity index (χ0) is 35.6. The third-order valence-electron chi connectivity index (χ3n) is 11.8. The molecule has 6 heterocycles. The van der Waals surface area contributed by atoms with E-state index < -0.39 is 5.41 Å². The van der Waals surface area contributed by atoms with Crippen molar-refractivity contribution in [3.8, 4) is 29.3 Å². The van der Waals surface area contributed by atoms with Gasteiger partial charge in [-0.05, 0) is 102 Å². The summed E-state index contributed by atoms with van der Waals surface area (Å²) >= 11 is 0. The number of anilines is 1. The average Bonchev–Trinajstić information content (AvgIpc) is 3.99. The van der Waals surface area contributed by atoms with Crippen LogP contribution in [0.3, 0.4) is 0 Å². The number of nitrogens with one attached hydrogen (secondary N) is 1. The van der Waals surface area contributed by atoms with Gasteiger partial charge < -0.3 is 19.7 Å². The Hall–Kier alpha value is -4.97. The number of aromatic nitrogens is 5. The number of nitrogens with two attached hydrogens (primary N) is 1. The number of rotatable bonds is 7. The average molecular weight is 704 g/mol. The van der Waals surface area contributed by atoms with E-state index in [4.69, 9.17) is 34.8 Å². The van der Waals surface area contributed by atoms with E-state index in [1.807, 2.05) is 36.5 Å². The molecule has 4 aromatic rings. The molecule has 3 aliphatic heterocycles. The predicted molar refractivity (Wildman–Crippen MR) is 193 cm³/mol. The van der Waals surface area contributed by atoms with Crippen molar-refractivity contribution in [3.05, 3.63) is 70.4 Å². The molecular formula is C38H45N11O3. The molecule has 3 N–H and O–H groups in total. The van der Waals surface area contributed by atoms with Gasteiger partial charge in [-0.3, -0.25) is 14.9 Å². The van der Waals surface area contributed by atoms with E-state index in [0.29, 0.717) is 41.1 Å². The number of benzene rings is 1. The molecule has 1 aromatic carbocycles. The maximum Gasteiger partial charge on any atom is 0.219 e. The number of ether oxygens (including phenoxy) is 2. The highest BCUT2D eigenvalue weighted by molar-refractivity contribution is 5.67. The number of aryl methyl sites for hydroxylation is 1. The minimum atomic E-state index is -0.476. The summed E-state index contributed by atoms with van der Waals surface area (Å²) in [4.78, 5) is 12.4. The van der Waals surface area contributed by atoms with Crippen LogP contribution in [-0.2, 0) is 23.0 Å². The van der Waals surface area contributed by atoms with Crippen molar-refractivity contribution >= 4 is 11.4 Å². The third kappa shape index (κ3) is 5.41. The van der Waals surface area contributed by atoms with Crippen LogP contribution >= 0.6 is 0 Å². The number of hydrogen-bond acceptors (Lipinski definition) is 13. The summed E-state index contributed by atoms with van der Waals surface area (Å²) < 4.78 is 20.3. The molecule has 270 valence electrons. The molecule has 9 rings (SSSR count). The van der Waals surface area contributed by atoms with E-state index >= 15 is 0 Å². The normalized spacial score (nSPS) is 24.9. The van der Waals surface area contributed by atoms with Crippen molar-refractivity contribution in [1.82, 2.24) is 45.4 Å². The molecule has 1 spiro atoms. The summed E-state index contributed by atoms with van der Waals surface area (Å²) in [6.45, 7) is 4.61. The second-order valence-electron chi connectivity index (χ2n) is 14.9. The van der Waals surface area contributed by atoms with Crippen molar-refractivity contribution in [2.24, 2.45) is 0 Å². The van der Waals surface area contributed by atoms with Crippen LogP contribution in [0.2, 0.25) is 0 Å². The van der Waals surface area contributed by atoms with Gasteiger partial charge in [-0.2, -0.15) is 15.3 Å². The Morgan fingerprint density at radius 2 is 1.98 bits per heavy atom. The van der Waals surface area contributed by atoms with Gasteiger partial charge in [0.15, 0.2) is 23.1 Å². The SMILES string of the molecule is C[C@H](Oc1cc(-n2ccc(C3=CN([C@@H]4CCOC4)NN3C)n2)nc(-c2noc3c2CCC[C@@]32CCCc3ccc(N)c(C#N)c32)n1)[C@@H]1CCCN1C. The molecular weight excluding hydrogens is 658 g/mol. The number of hydrogen-bond donors (Lipinski definition) is 2. The molecule has 52 heavy (non-hydrogen) atoms. The smallest absolute Gasteiger partial charge is 0.219 e. The molecule has 0 saturated carbocycles. The Bertz CT molecular complexity index is 2070. The summed E-state index contributed by atoms with van der Waals surface area (Å²) in [5.74, 6) is 2.25. The Labute approximate surface area is 303 Å². The third-order valence-corrected chi connectivity index (χ3v) is 11.8. The van der Waals surface area contributed by atoms with Gasteiger partial charge in [0.05, 0.1) is 29.3 Å². The summed E-state index contributed by atoms with van der Waals surface area (Å²) in [6.07, 6.45) is 12.4. The standard InChI is InChI=1S/C38H45N11O3/c1-23(30-9-6-16-46(30)2)51-33-19-32(48-17-12-29(43-48)31-21-49(45-47(31)3)25-13-18-50-22-25)41-37(42-33)35-26-8-5-15-38(36(26)52-44-35)14-4-7-24-10-11-28(40)27(20-39)34(24)38/h10-12,17,19,21,23,25,30,45H,4-9,13-16,18,22,40H2,1-3H3/t23-,25+,30-,38+/m0/s1. The van der Waals surface area contributed by atoms with E-state index in [2.05, 4.69) is 52.9 Å². The number of likely N-dealkylation sites (tertiary alicyclic amines) is 1. The Morgan fingerprint density at radius 3 is 2.77 bits per heavy atom. The Morgan fingerprint density at radius 1 is 1.12 bits per heavy atom. The van der Waals surface area contributed by atoms with Crippen molar-refractivity contribution < 1.29 is 14.0 Å². The maximum absolute atomic E-state index is 10.3. The van der Waals surface area contributed by atoms with Gasteiger partial charge in [-0.15, -0.1) is 5.53 Å². The van der Waals surface area contributed by atoms with Crippen LogP contribution in [0.15, 0.2) is 41.2 Å². The largest absolute Gasteiger partial charge is 0.473 e. The summed E-state index contributed by atoms with van der Waals surface area (Å²) in [5.41, 5.74) is 15.9. The lowest BCUT2D eigenvalue weighted by atomic mass is 9.61. The molecule has 2 saturated heterocycles. The fourth-order valence-corrected chi connectivity index (χ4v) is 9.22. The molecule has 2 fully saturated rings. The van der Waals surface area contributed by atoms with Crippen molar-refractivity contribution in [1.29, 1.82) is 5.26 Å². The second-order valence-corrected chi connectivity index (χ2v) is 14.9. The van der Waals surface area contributed by atoms with Gasteiger partial charge >= 0.3 is 0 Å². The maximum atomic E-state index is 10.3. The number of fused-ring (bicyclic) bond motifs is 4. The van der Waals surface area contributed by atoms with Crippen LogP contribution in [0.1, 0.15) is 85.6 Å². The van der Waals surface area contributed by atoms with Gasteiger partial charge in [0.2, 0.25) is 5.88 Å². The molecule has 14 nitrogen and oxygen atoms in total. The molecule has 2 aliphatic carbocycles. The van der Waals surface area contributed by atoms with Gasteiger partial charge in [0.25, 0.3) is 0 Å². The highest BCUT2D eigenvalue weighted by Crippen LogP contribution is 2.53. The number of likely N-dealkylation sites (N-methyl/N-ethyl adjacent to an activating group) is 1. The molecule has 3 aromatic heterocycles. The fourth-order valence-electron chi connectivity index (χ4n) is 9.22. The molecule has 0 radical (unpaired) electrons. The minimum absolute atomic E-state index is 0.0895. The summed E-state index contributed by atoms with van der Waals surface area (Å²) in [6, 6.07) is 10.7. The topological polar surface area (TPSA) is 160 Å². The van der Waals surface area contributed by atoms with Crippen LogP contribution in [-0.4, -0.2) is 91.9 Å². The van der Waals surface area contributed by atoms with Crippen molar-refractivity contribution in [3.63, 3.8) is 0 Å². The molecule has 0 bridgehead atoms. The molecule has 0 amide bonds. The number of nitrogens with zero attached hydrogens (tertiary/aromatic N) is 9. The van der Waals surface area contributed by atoms with Crippen LogP contribution in [0.4, 0.5) is 5.69 Å². The molecule has 4 atom stereocenters. The van der Waals surface area contributed by atoms with Gasteiger partial charge in [0.1, 0.15) is 17.9 Å².